The van der Waals surface area contributed by atoms with Crippen LogP contribution in [0.2, 0.25) is 0 Å². The quantitative estimate of drug-likeness (QED) is 0.800. The topological polar surface area (TPSA) is 57.6 Å². The van der Waals surface area contributed by atoms with Gasteiger partial charge in [-0.2, -0.15) is 0 Å². The second-order valence-electron chi connectivity index (χ2n) is 4.07. The van der Waals surface area contributed by atoms with Crippen LogP contribution in [-0.4, -0.2) is 35.0 Å². The van der Waals surface area contributed by atoms with Gasteiger partial charge in [-0.3, -0.25) is 4.79 Å². The standard InChI is InChI=1S/C12H12FNO3/c1-14-10(12(16)17)6-5-7-8(11(14)15)3-2-4-9(7)13/h2-4,10H,5-6H2,1H3,(H,16,17). The lowest BCUT2D eigenvalue weighted by Crippen LogP contribution is -2.41. The molecule has 1 aliphatic rings. The van der Waals surface area contributed by atoms with Crippen molar-refractivity contribution in [2.24, 2.45) is 0 Å². The molecular weight excluding hydrogens is 225 g/mol. The van der Waals surface area contributed by atoms with Gasteiger partial charge in [-0.15, -0.1) is 0 Å². The molecule has 0 saturated heterocycles. The Morgan fingerprint density at radius 3 is 2.88 bits per heavy atom. The summed E-state index contributed by atoms with van der Waals surface area (Å²) < 4.78 is 13.6. The Morgan fingerprint density at radius 1 is 1.53 bits per heavy atom. The number of carbonyl (C=O) groups is 2. The van der Waals surface area contributed by atoms with Crippen molar-refractivity contribution in [2.75, 3.05) is 7.05 Å². The zero-order valence-corrected chi connectivity index (χ0v) is 9.31. The first-order chi connectivity index (χ1) is 8.02. The van der Waals surface area contributed by atoms with Crippen molar-refractivity contribution in [1.29, 1.82) is 0 Å². The van der Waals surface area contributed by atoms with E-state index in [1.54, 1.807) is 0 Å². The van der Waals surface area contributed by atoms with E-state index in [-0.39, 0.29) is 18.4 Å². The smallest absolute Gasteiger partial charge is 0.326 e. The molecular formula is C12H12FNO3. The average Bonchev–Trinajstić information content (AvgIpc) is 2.40. The molecule has 0 bridgehead atoms. The first-order valence-electron chi connectivity index (χ1n) is 5.29. The molecule has 90 valence electrons. The van der Waals surface area contributed by atoms with E-state index in [0.29, 0.717) is 5.56 Å². The molecule has 0 radical (unpaired) electrons. The van der Waals surface area contributed by atoms with Gasteiger partial charge in [0.15, 0.2) is 0 Å². The van der Waals surface area contributed by atoms with Gasteiger partial charge in [0, 0.05) is 18.2 Å². The van der Waals surface area contributed by atoms with Crippen LogP contribution in [0.15, 0.2) is 18.2 Å². The Labute approximate surface area is 97.7 Å². The molecule has 1 heterocycles. The van der Waals surface area contributed by atoms with Gasteiger partial charge in [0.05, 0.1) is 0 Å². The SMILES string of the molecule is CN1C(=O)c2cccc(F)c2CCC1C(=O)O. The van der Waals surface area contributed by atoms with Crippen molar-refractivity contribution in [3.63, 3.8) is 0 Å². The van der Waals surface area contributed by atoms with Crippen LogP contribution in [0, 0.1) is 5.82 Å². The number of carbonyl (C=O) groups excluding carboxylic acids is 1. The Morgan fingerprint density at radius 2 is 2.24 bits per heavy atom. The highest BCUT2D eigenvalue weighted by Gasteiger charge is 2.32. The van der Waals surface area contributed by atoms with E-state index in [1.165, 1.54) is 25.2 Å². The number of carboxylic acids is 1. The highest BCUT2D eigenvalue weighted by Crippen LogP contribution is 2.23. The summed E-state index contributed by atoms with van der Waals surface area (Å²) in [6.45, 7) is 0. The third-order valence-corrected chi connectivity index (χ3v) is 3.09. The van der Waals surface area contributed by atoms with Gasteiger partial charge in [-0.05, 0) is 25.0 Å². The lowest BCUT2D eigenvalue weighted by atomic mass is 10.0. The normalized spacial score (nSPS) is 19.8. The van der Waals surface area contributed by atoms with Crippen molar-refractivity contribution in [3.05, 3.63) is 35.1 Å². The van der Waals surface area contributed by atoms with Gasteiger partial charge in [0.1, 0.15) is 11.9 Å². The molecule has 5 heteroatoms. The van der Waals surface area contributed by atoms with Crippen LogP contribution >= 0.6 is 0 Å². The van der Waals surface area contributed by atoms with Crippen LogP contribution in [-0.2, 0) is 11.2 Å². The highest BCUT2D eigenvalue weighted by molar-refractivity contribution is 5.98. The van der Waals surface area contributed by atoms with Crippen LogP contribution in [0.1, 0.15) is 22.3 Å². The van der Waals surface area contributed by atoms with Crippen LogP contribution in [0.4, 0.5) is 4.39 Å². The molecule has 2 rings (SSSR count). The first kappa shape index (κ1) is 11.6. The van der Waals surface area contributed by atoms with Gasteiger partial charge >= 0.3 is 5.97 Å². The Kier molecular flexibility index (Phi) is 2.83. The molecule has 1 amide bonds. The number of benzene rings is 1. The van der Waals surface area contributed by atoms with E-state index in [1.807, 2.05) is 0 Å². The molecule has 0 aliphatic carbocycles. The summed E-state index contributed by atoms with van der Waals surface area (Å²) in [5.41, 5.74) is 0.573. The minimum atomic E-state index is -1.06. The Balaban J connectivity index is 2.48. The lowest BCUT2D eigenvalue weighted by molar-refractivity contribution is -0.142. The van der Waals surface area contributed by atoms with E-state index in [2.05, 4.69) is 0 Å². The number of amides is 1. The van der Waals surface area contributed by atoms with Crippen molar-refractivity contribution in [3.8, 4) is 0 Å². The molecule has 4 nitrogen and oxygen atoms in total. The number of aliphatic carboxylic acids is 1. The molecule has 17 heavy (non-hydrogen) atoms. The van der Waals surface area contributed by atoms with Gasteiger partial charge in [-0.1, -0.05) is 6.07 Å². The highest BCUT2D eigenvalue weighted by atomic mass is 19.1. The molecule has 0 fully saturated rings. The fourth-order valence-electron chi connectivity index (χ4n) is 2.11. The van der Waals surface area contributed by atoms with Crippen LogP contribution in [0.25, 0.3) is 0 Å². The van der Waals surface area contributed by atoms with E-state index in [4.69, 9.17) is 5.11 Å². The third-order valence-electron chi connectivity index (χ3n) is 3.09. The fourth-order valence-corrected chi connectivity index (χ4v) is 2.11. The number of hydrogen-bond acceptors (Lipinski definition) is 2. The molecule has 0 spiro atoms. The van der Waals surface area contributed by atoms with E-state index < -0.39 is 23.7 Å². The molecule has 1 aliphatic heterocycles. The second kappa shape index (κ2) is 4.16. The zero-order chi connectivity index (χ0) is 12.6. The summed E-state index contributed by atoms with van der Waals surface area (Å²) >= 11 is 0. The summed E-state index contributed by atoms with van der Waals surface area (Å²) in [6.07, 6.45) is 0.487. The van der Waals surface area contributed by atoms with Crippen molar-refractivity contribution in [1.82, 2.24) is 4.90 Å². The minimum Gasteiger partial charge on any atom is -0.480 e. The Hall–Kier alpha value is -1.91. The van der Waals surface area contributed by atoms with Gasteiger partial charge in [0.2, 0.25) is 0 Å². The average molecular weight is 237 g/mol. The minimum absolute atomic E-state index is 0.228. The number of nitrogens with zero attached hydrogens (tertiary/aromatic N) is 1. The molecule has 1 N–H and O–H groups in total. The predicted octanol–water partition coefficient (Wildman–Crippen LogP) is 1.30. The van der Waals surface area contributed by atoms with E-state index >= 15 is 0 Å². The molecule has 1 aromatic rings. The van der Waals surface area contributed by atoms with Crippen LogP contribution in [0.5, 0.6) is 0 Å². The second-order valence-corrected chi connectivity index (χ2v) is 4.07. The number of carboxylic acid groups (broad SMARTS) is 1. The van der Waals surface area contributed by atoms with Crippen molar-refractivity contribution in [2.45, 2.75) is 18.9 Å². The summed E-state index contributed by atoms with van der Waals surface area (Å²) in [5.74, 6) is -1.95. The summed E-state index contributed by atoms with van der Waals surface area (Å²) in [7, 11) is 1.43. The number of halogens is 1. The largest absolute Gasteiger partial charge is 0.480 e. The number of likely N-dealkylation sites (N-methyl/N-ethyl adjacent to an activating group) is 1. The summed E-state index contributed by atoms with van der Waals surface area (Å²) in [4.78, 5) is 24.2. The Bertz CT molecular complexity index is 487. The predicted molar refractivity (Wildman–Crippen MR) is 58.2 cm³/mol. The van der Waals surface area contributed by atoms with Crippen molar-refractivity contribution >= 4 is 11.9 Å². The monoisotopic (exact) mass is 237 g/mol. The van der Waals surface area contributed by atoms with Gasteiger partial charge < -0.3 is 10.0 Å². The van der Waals surface area contributed by atoms with Crippen molar-refractivity contribution < 1.29 is 19.1 Å². The molecule has 1 atom stereocenters. The first-order valence-corrected chi connectivity index (χ1v) is 5.29. The maximum Gasteiger partial charge on any atom is 0.326 e. The van der Waals surface area contributed by atoms with Crippen LogP contribution < -0.4 is 0 Å². The lowest BCUT2D eigenvalue weighted by Gasteiger charge is -2.21. The van der Waals surface area contributed by atoms with E-state index in [0.717, 1.165) is 4.90 Å². The number of fused-ring (bicyclic) bond motifs is 1. The molecule has 0 saturated carbocycles. The summed E-state index contributed by atoms with van der Waals surface area (Å²) in [6, 6.07) is 3.38. The zero-order valence-electron chi connectivity index (χ0n) is 9.31. The number of hydrogen-bond donors (Lipinski definition) is 1. The third kappa shape index (κ3) is 1.88. The van der Waals surface area contributed by atoms with Gasteiger partial charge in [-0.25, -0.2) is 9.18 Å². The molecule has 1 unspecified atom stereocenters. The van der Waals surface area contributed by atoms with Gasteiger partial charge in [0.25, 0.3) is 5.91 Å². The number of rotatable bonds is 1. The maximum atomic E-state index is 13.6. The maximum absolute atomic E-state index is 13.6. The van der Waals surface area contributed by atoms with E-state index in [9.17, 15) is 14.0 Å². The fraction of sp³-hybridized carbons (Fsp3) is 0.333. The molecule has 0 aromatic heterocycles. The van der Waals surface area contributed by atoms with Crippen LogP contribution in [0.3, 0.4) is 0 Å². The molecule has 1 aromatic carbocycles. The summed E-state index contributed by atoms with van der Waals surface area (Å²) in [5, 5.41) is 9.01.